The molecule has 0 aliphatic heterocycles. The molecule has 0 spiro atoms. The van der Waals surface area contributed by atoms with E-state index in [0.717, 1.165) is 24.1 Å². The van der Waals surface area contributed by atoms with Crippen molar-refractivity contribution in [1.82, 2.24) is 9.78 Å². The van der Waals surface area contributed by atoms with Gasteiger partial charge in [0.1, 0.15) is 10.9 Å². The van der Waals surface area contributed by atoms with Gasteiger partial charge in [-0.2, -0.15) is 5.10 Å². The van der Waals surface area contributed by atoms with Gasteiger partial charge in [0.25, 0.3) is 0 Å². The van der Waals surface area contributed by atoms with Gasteiger partial charge in [0.2, 0.25) is 0 Å². The number of nitrogens with zero attached hydrogens (tertiary/aromatic N) is 2. The van der Waals surface area contributed by atoms with Crippen LogP contribution in [0.3, 0.4) is 0 Å². The van der Waals surface area contributed by atoms with Crippen molar-refractivity contribution in [3.8, 4) is 0 Å². The van der Waals surface area contributed by atoms with Gasteiger partial charge in [0.05, 0.1) is 5.69 Å². The molecule has 0 saturated heterocycles. The molecule has 0 radical (unpaired) electrons. The summed E-state index contributed by atoms with van der Waals surface area (Å²) in [5, 5.41) is 4.89. The maximum atomic E-state index is 10.8. The topological polar surface area (TPSA) is 34.9 Å². The van der Waals surface area contributed by atoms with Gasteiger partial charge in [-0.25, -0.2) is 0 Å². The van der Waals surface area contributed by atoms with E-state index in [1.807, 2.05) is 14.0 Å². The maximum Gasteiger partial charge on any atom is 0.130 e. The third-order valence-electron chi connectivity index (χ3n) is 2.23. The standard InChI is InChI=1S/C10H15ClN2O/c1-7(14)5-4-6-9-8(2)12-13(3)10(9)11/h4-6H2,1-3H3. The Hall–Kier alpha value is -0.830. The number of carbonyl (C=O) groups is 1. The summed E-state index contributed by atoms with van der Waals surface area (Å²) in [4.78, 5) is 10.8. The first kappa shape index (κ1) is 11.2. The fraction of sp³-hybridized carbons (Fsp3) is 0.600. The molecule has 0 aliphatic carbocycles. The Labute approximate surface area is 89.1 Å². The maximum absolute atomic E-state index is 10.8. The van der Waals surface area contributed by atoms with Gasteiger partial charge in [-0.15, -0.1) is 0 Å². The first-order chi connectivity index (χ1) is 6.52. The molecule has 0 fully saturated rings. The molecule has 0 amide bonds. The summed E-state index contributed by atoms with van der Waals surface area (Å²) in [7, 11) is 1.82. The number of rotatable bonds is 4. The Balaban J connectivity index is 2.62. The Bertz CT molecular complexity index is 344. The van der Waals surface area contributed by atoms with Crippen molar-refractivity contribution in [2.45, 2.75) is 33.1 Å². The largest absolute Gasteiger partial charge is 0.300 e. The van der Waals surface area contributed by atoms with Crippen molar-refractivity contribution >= 4 is 17.4 Å². The van der Waals surface area contributed by atoms with Crippen LogP contribution in [0.15, 0.2) is 0 Å². The Morgan fingerprint density at radius 1 is 1.57 bits per heavy atom. The lowest BCUT2D eigenvalue weighted by atomic mass is 10.1. The van der Waals surface area contributed by atoms with E-state index in [2.05, 4.69) is 5.10 Å². The minimum absolute atomic E-state index is 0.225. The van der Waals surface area contributed by atoms with Crippen LogP contribution >= 0.6 is 11.6 Å². The predicted octanol–water partition coefficient (Wildman–Crippen LogP) is 2.29. The first-order valence-corrected chi connectivity index (χ1v) is 5.07. The summed E-state index contributed by atoms with van der Waals surface area (Å²) in [5.74, 6) is 0.225. The zero-order valence-electron chi connectivity index (χ0n) is 8.80. The molecule has 0 atom stereocenters. The minimum Gasteiger partial charge on any atom is -0.300 e. The molecule has 14 heavy (non-hydrogen) atoms. The van der Waals surface area contributed by atoms with Crippen molar-refractivity contribution in [1.29, 1.82) is 0 Å². The van der Waals surface area contributed by atoms with Gasteiger partial charge in [0.15, 0.2) is 0 Å². The number of ketones is 1. The molecular formula is C10H15ClN2O. The first-order valence-electron chi connectivity index (χ1n) is 4.69. The van der Waals surface area contributed by atoms with Gasteiger partial charge in [-0.05, 0) is 26.7 Å². The van der Waals surface area contributed by atoms with Crippen molar-refractivity contribution in [3.05, 3.63) is 16.4 Å². The lowest BCUT2D eigenvalue weighted by Gasteiger charge is -1.98. The van der Waals surface area contributed by atoms with E-state index in [0.29, 0.717) is 11.6 Å². The van der Waals surface area contributed by atoms with E-state index >= 15 is 0 Å². The van der Waals surface area contributed by atoms with Gasteiger partial charge >= 0.3 is 0 Å². The molecule has 0 aromatic carbocycles. The second-order valence-corrected chi connectivity index (χ2v) is 3.89. The third-order valence-corrected chi connectivity index (χ3v) is 2.70. The Morgan fingerprint density at radius 2 is 2.21 bits per heavy atom. The number of Topliss-reactive ketones (excluding diaryl/α,β-unsaturated/α-hetero) is 1. The van der Waals surface area contributed by atoms with Gasteiger partial charge < -0.3 is 4.79 Å². The fourth-order valence-electron chi connectivity index (χ4n) is 1.47. The quantitative estimate of drug-likeness (QED) is 0.771. The zero-order chi connectivity index (χ0) is 10.7. The molecule has 78 valence electrons. The van der Waals surface area contributed by atoms with Crippen LogP contribution in [0.5, 0.6) is 0 Å². The van der Waals surface area contributed by atoms with Crippen molar-refractivity contribution < 1.29 is 4.79 Å². The van der Waals surface area contributed by atoms with Crippen LogP contribution in [0.1, 0.15) is 31.0 Å². The Morgan fingerprint density at radius 3 is 2.64 bits per heavy atom. The molecule has 3 nitrogen and oxygen atoms in total. The third kappa shape index (κ3) is 2.58. The summed E-state index contributed by atoms with van der Waals surface area (Å²) in [6.45, 7) is 3.55. The molecule has 0 saturated carbocycles. The van der Waals surface area contributed by atoms with E-state index in [1.54, 1.807) is 11.6 Å². The predicted molar refractivity (Wildman–Crippen MR) is 56.6 cm³/mol. The molecule has 0 bridgehead atoms. The smallest absolute Gasteiger partial charge is 0.130 e. The molecule has 1 rings (SSSR count). The fourth-order valence-corrected chi connectivity index (χ4v) is 1.74. The number of halogens is 1. The summed E-state index contributed by atoms with van der Waals surface area (Å²) >= 11 is 6.04. The zero-order valence-corrected chi connectivity index (χ0v) is 9.56. The van der Waals surface area contributed by atoms with Gasteiger partial charge in [-0.1, -0.05) is 11.6 Å². The average molecular weight is 215 g/mol. The summed E-state index contributed by atoms with van der Waals surface area (Å²) < 4.78 is 1.67. The van der Waals surface area contributed by atoms with Crippen molar-refractivity contribution in [3.63, 3.8) is 0 Å². The SMILES string of the molecule is CC(=O)CCCc1c(C)nn(C)c1Cl. The highest BCUT2D eigenvalue weighted by Gasteiger charge is 2.10. The van der Waals surface area contributed by atoms with E-state index in [4.69, 9.17) is 11.6 Å². The van der Waals surface area contributed by atoms with Crippen LogP contribution in [-0.2, 0) is 18.3 Å². The van der Waals surface area contributed by atoms with E-state index in [1.165, 1.54) is 0 Å². The summed E-state index contributed by atoms with van der Waals surface area (Å²) in [6.07, 6.45) is 2.30. The summed E-state index contributed by atoms with van der Waals surface area (Å²) in [6, 6.07) is 0. The Kier molecular flexibility index (Phi) is 3.69. The molecule has 1 aromatic rings. The molecular weight excluding hydrogens is 200 g/mol. The minimum atomic E-state index is 0.225. The van der Waals surface area contributed by atoms with Crippen LogP contribution in [0.2, 0.25) is 5.15 Å². The van der Waals surface area contributed by atoms with Crippen molar-refractivity contribution in [2.75, 3.05) is 0 Å². The van der Waals surface area contributed by atoms with Crippen LogP contribution in [0.25, 0.3) is 0 Å². The molecule has 1 aromatic heterocycles. The van der Waals surface area contributed by atoms with Gasteiger partial charge in [-0.3, -0.25) is 4.68 Å². The van der Waals surface area contributed by atoms with Crippen LogP contribution in [-0.4, -0.2) is 15.6 Å². The number of hydrogen-bond donors (Lipinski definition) is 0. The van der Waals surface area contributed by atoms with Crippen LogP contribution < -0.4 is 0 Å². The van der Waals surface area contributed by atoms with Crippen LogP contribution in [0.4, 0.5) is 0 Å². The second-order valence-electron chi connectivity index (χ2n) is 3.53. The average Bonchev–Trinajstić information content (AvgIpc) is 2.31. The molecule has 0 aliphatic rings. The van der Waals surface area contributed by atoms with E-state index < -0.39 is 0 Å². The second kappa shape index (κ2) is 4.60. The molecule has 0 N–H and O–H groups in total. The number of carbonyl (C=O) groups excluding carboxylic acids is 1. The lowest BCUT2D eigenvalue weighted by Crippen LogP contribution is -1.94. The number of aromatic nitrogens is 2. The normalized spacial score (nSPS) is 10.6. The number of aryl methyl sites for hydroxylation is 2. The molecule has 0 unspecified atom stereocenters. The van der Waals surface area contributed by atoms with Gasteiger partial charge in [0, 0.05) is 19.0 Å². The molecule has 4 heteroatoms. The highest BCUT2D eigenvalue weighted by molar-refractivity contribution is 6.30. The lowest BCUT2D eigenvalue weighted by molar-refractivity contribution is -0.117. The highest BCUT2D eigenvalue weighted by Crippen LogP contribution is 2.20. The van der Waals surface area contributed by atoms with Crippen molar-refractivity contribution in [2.24, 2.45) is 7.05 Å². The summed E-state index contributed by atoms with van der Waals surface area (Å²) in [5.41, 5.74) is 2.02. The number of hydrogen-bond acceptors (Lipinski definition) is 2. The molecule has 1 heterocycles. The highest BCUT2D eigenvalue weighted by atomic mass is 35.5. The monoisotopic (exact) mass is 214 g/mol. The van der Waals surface area contributed by atoms with E-state index in [9.17, 15) is 4.79 Å². The van der Waals surface area contributed by atoms with E-state index in [-0.39, 0.29) is 5.78 Å². The van der Waals surface area contributed by atoms with Crippen LogP contribution in [0, 0.1) is 6.92 Å².